The Labute approximate surface area is 246 Å². The van der Waals surface area contributed by atoms with E-state index in [1.165, 1.54) is 25.2 Å². The van der Waals surface area contributed by atoms with E-state index in [2.05, 4.69) is 10.4 Å². The fourth-order valence-corrected chi connectivity index (χ4v) is 4.01. The zero-order valence-corrected chi connectivity index (χ0v) is 24.9. The molecule has 0 bridgehead atoms. The Bertz CT molecular complexity index is 1270. The van der Waals surface area contributed by atoms with E-state index in [-0.39, 0.29) is 97.3 Å². The van der Waals surface area contributed by atoms with Gasteiger partial charge in [0.15, 0.2) is 12.2 Å². The molecule has 0 radical (unpaired) electrons. The number of aryl methyl sites for hydroxylation is 1. The van der Waals surface area contributed by atoms with Gasteiger partial charge >= 0.3 is 68.9 Å². The Hall–Kier alpha value is -1.22. The zero-order valence-electron chi connectivity index (χ0n) is 18.6. The molecule has 1 N–H and O–H groups in total. The minimum Gasteiger partial charge on any atom is -0.381 e. The summed E-state index contributed by atoms with van der Waals surface area (Å²) >= 11 is 0. The molecule has 1 atom stereocenters. The first-order valence-corrected chi connectivity index (χ1v) is 10.2. The molecule has 1 aromatic carbocycles. The van der Waals surface area contributed by atoms with Crippen molar-refractivity contribution >= 4 is 16.6 Å². The normalized spacial score (nSPS) is 15.2. The van der Waals surface area contributed by atoms with Gasteiger partial charge in [0, 0.05) is 55.8 Å². The van der Waals surface area contributed by atoms with Crippen LogP contribution in [-0.4, -0.2) is 27.6 Å². The molecule has 1 fully saturated rings. The number of pyridine rings is 1. The van der Waals surface area contributed by atoms with Gasteiger partial charge in [-0.3, -0.25) is 22.8 Å². The van der Waals surface area contributed by atoms with Gasteiger partial charge in [-0.1, -0.05) is 11.6 Å². The van der Waals surface area contributed by atoms with Gasteiger partial charge in [-0.25, -0.2) is 4.68 Å². The molecule has 2 aromatic heterocycles. The molecular weight excluding hydrogens is 558 g/mol. The molecule has 3 aromatic rings. The largest absolute Gasteiger partial charge is 1.00 e. The Morgan fingerprint density at radius 2 is 1.91 bits per heavy atom. The standard InChI is InChI=1S/C22H22F3N4O3.Cs/c1-12(14-4-3-5-15(19(14)23)20(24)25)26-21-17-11-29(13-6-8-32-9-7-13)18(30)10-16(17)22(31)28(2)27-21;/h3-5,10-13H,6-9H2,1-2H3,(H,26,27);/q-1;+1/t12-;/m0./s1. The van der Waals surface area contributed by atoms with Crippen LogP contribution in [0.5, 0.6) is 0 Å². The van der Waals surface area contributed by atoms with Crippen LogP contribution in [0.3, 0.4) is 0 Å². The quantitative estimate of drug-likeness (QED) is 0.447. The molecule has 11 heteroatoms. The molecule has 0 unspecified atom stereocenters. The SMILES string of the molecule is C[C@H](Nc1nn(C)c(=O)c2cc(=O)n(C3CCOCC3)cc12)c1cccc([C-](F)F)c1F.[Cs+]. The van der Waals surface area contributed by atoms with Gasteiger partial charge in [0.2, 0.25) is 0 Å². The fraction of sp³-hybridized carbons (Fsp3) is 0.364. The molecule has 4 rings (SSSR count). The third-order valence-electron chi connectivity index (χ3n) is 5.75. The van der Waals surface area contributed by atoms with Crippen LogP contribution in [0.1, 0.15) is 43.0 Å². The predicted molar refractivity (Wildman–Crippen MR) is 113 cm³/mol. The molecule has 1 aliphatic rings. The Balaban J connectivity index is 0.00000306. The van der Waals surface area contributed by atoms with Crippen molar-refractivity contribution in [2.75, 3.05) is 18.5 Å². The van der Waals surface area contributed by atoms with Crippen molar-refractivity contribution in [3.8, 4) is 0 Å². The third-order valence-corrected chi connectivity index (χ3v) is 5.75. The minimum atomic E-state index is -2.11. The van der Waals surface area contributed by atoms with Crippen LogP contribution in [0.4, 0.5) is 19.0 Å². The van der Waals surface area contributed by atoms with Crippen molar-refractivity contribution in [3.63, 3.8) is 0 Å². The van der Waals surface area contributed by atoms with Gasteiger partial charge in [-0.05, 0) is 25.3 Å². The average Bonchev–Trinajstić information content (AvgIpc) is 2.77. The number of nitrogens with zero attached hydrogens (tertiary/aromatic N) is 3. The van der Waals surface area contributed by atoms with Crippen LogP contribution < -0.4 is 85.3 Å². The van der Waals surface area contributed by atoms with Crippen molar-refractivity contribution in [1.82, 2.24) is 14.3 Å². The molecule has 1 saturated heterocycles. The van der Waals surface area contributed by atoms with Crippen molar-refractivity contribution < 1.29 is 86.8 Å². The van der Waals surface area contributed by atoms with E-state index in [0.29, 0.717) is 31.4 Å². The summed E-state index contributed by atoms with van der Waals surface area (Å²) in [5, 5.41) is 7.83. The van der Waals surface area contributed by atoms with Gasteiger partial charge in [-0.15, -0.1) is 6.07 Å². The first-order chi connectivity index (χ1) is 15.3. The molecule has 1 aliphatic heterocycles. The maximum atomic E-state index is 14.6. The van der Waals surface area contributed by atoms with Gasteiger partial charge in [0.05, 0.1) is 5.39 Å². The van der Waals surface area contributed by atoms with Gasteiger partial charge in [0.25, 0.3) is 11.1 Å². The van der Waals surface area contributed by atoms with E-state index >= 15 is 0 Å². The van der Waals surface area contributed by atoms with E-state index in [0.717, 1.165) is 10.7 Å². The molecule has 170 valence electrons. The van der Waals surface area contributed by atoms with Crippen LogP contribution >= 0.6 is 0 Å². The van der Waals surface area contributed by atoms with Crippen molar-refractivity contribution in [2.24, 2.45) is 7.05 Å². The molecule has 3 heterocycles. The zero-order chi connectivity index (χ0) is 23.0. The van der Waals surface area contributed by atoms with E-state index in [4.69, 9.17) is 4.74 Å². The van der Waals surface area contributed by atoms with Crippen molar-refractivity contribution in [1.29, 1.82) is 0 Å². The summed E-state index contributed by atoms with van der Waals surface area (Å²) < 4.78 is 48.7. The smallest absolute Gasteiger partial charge is 0.381 e. The number of halogens is 3. The molecule has 33 heavy (non-hydrogen) atoms. The van der Waals surface area contributed by atoms with E-state index in [1.54, 1.807) is 17.7 Å². The molecular formula is C22H22CsF3N4O3. The molecule has 0 amide bonds. The number of hydrogen-bond donors (Lipinski definition) is 1. The Kier molecular flexibility index (Phi) is 8.81. The number of aromatic nitrogens is 3. The van der Waals surface area contributed by atoms with Crippen LogP contribution in [0.15, 0.2) is 40.1 Å². The summed E-state index contributed by atoms with van der Waals surface area (Å²) in [6.07, 6.45) is 0.791. The molecule has 0 aliphatic carbocycles. The fourth-order valence-electron chi connectivity index (χ4n) is 4.01. The predicted octanol–water partition coefficient (Wildman–Crippen LogP) is 0.539. The minimum absolute atomic E-state index is 0. The van der Waals surface area contributed by atoms with Gasteiger partial charge in [-0.2, -0.15) is 11.2 Å². The number of hydrogen-bond acceptors (Lipinski definition) is 5. The van der Waals surface area contributed by atoms with Crippen LogP contribution in [0.2, 0.25) is 0 Å². The summed E-state index contributed by atoms with van der Waals surface area (Å²) in [5.41, 5.74) is -1.49. The molecule has 0 saturated carbocycles. The summed E-state index contributed by atoms with van der Waals surface area (Å²) in [4.78, 5) is 25.3. The summed E-state index contributed by atoms with van der Waals surface area (Å²) in [5.74, 6) is -0.786. The summed E-state index contributed by atoms with van der Waals surface area (Å²) in [7, 11) is 1.44. The summed E-state index contributed by atoms with van der Waals surface area (Å²) in [6, 6.07) is 4.21. The molecule has 0 spiro atoms. The van der Waals surface area contributed by atoms with Gasteiger partial charge in [0.1, 0.15) is 0 Å². The summed E-state index contributed by atoms with van der Waals surface area (Å²) in [6.45, 7) is 2.67. The van der Waals surface area contributed by atoms with E-state index in [9.17, 15) is 22.8 Å². The van der Waals surface area contributed by atoms with Crippen LogP contribution in [0.25, 0.3) is 10.8 Å². The van der Waals surface area contributed by atoms with Gasteiger partial charge < -0.3 is 14.6 Å². The maximum Gasteiger partial charge on any atom is 1.00 e. The second kappa shape index (κ2) is 11.0. The van der Waals surface area contributed by atoms with E-state index in [1.807, 2.05) is 0 Å². The second-order valence-electron chi connectivity index (χ2n) is 7.80. The number of benzene rings is 1. The second-order valence-corrected chi connectivity index (χ2v) is 7.80. The van der Waals surface area contributed by atoms with Crippen LogP contribution in [-0.2, 0) is 11.8 Å². The third kappa shape index (κ3) is 5.39. The topological polar surface area (TPSA) is 78.2 Å². The van der Waals surface area contributed by atoms with Crippen LogP contribution in [0, 0.1) is 12.2 Å². The van der Waals surface area contributed by atoms with Crippen molar-refractivity contribution in [2.45, 2.75) is 31.8 Å². The number of fused-ring (bicyclic) bond motifs is 1. The monoisotopic (exact) mass is 580 g/mol. The van der Waals surface area contributed by atoms with Crippen molar-refractivity contribution in [3.05, 3.63) is 74.5 Å². The first-order valence-electron chi connectivity index (χ1n) is 10.2. The van der Waals surface area contributed by atoms with E-state index < -0.39 is 29.4 Å². The Morgan fingerprint density at radius 3 is 2.58 bits per heavy atom. The average molecular weight is 580 g/mol. The number of nitrogens with one attached hydrogen (secondary N) is 1. The number of anilines is 1. The maximum absolute atomic E-state index is 14.6. The first kappa shape index (κ1) is 26.4. The number of rotatable bonds is 5. The molecule has 7 nitrogen and oxygen atoms in total. The Morgan fingerprint density at radius 1 is 1.21 bits per heavy atom. The number of ether oxygens (including phenoxy) is 1.